The van der Waals surface area contributed by atoms with E-state index in [-0.39, 0.29) is 35.3 Å². The van der Waals surface area contributed by atoms with Gasteiger partial charge < -0.3 is 15.8 Å². The molecule has 0 unspecified atom stereocenters. The number of carbonyl (C=O) groups is 1. The number of amides is 1. The number of hydrogen-bond donors (Lipinski definition) is 2. The molecule has 0 bridgehead atoms. The van der Waals surface area contributed by atoms with Crippen LogP contribution in [0.1, 0.15) is 72.1 Å². The number of aromatic nitrogens is 1. The van der Waals surface area contributed by atoms with E-state index in [2.05, 4.69) is 31.1 Å². The summed E-state index contributed by atoms with van der Waals surface area (Å²) in [5.41, 5.74) is 8.56. The average molecular weight is 498 g/mol. The van der Waals surface area contributed by atoms with E-state index >= 15 is 0 Å². The van der Waals surface area contributed by atoms with Gasteiger partial charge in [0.25, 0.3) is 0 Å². The molecule has 0 spiro atoms. The van der Waals surface area contributed by atoms with Gasteiger partial charge in [0, 0.05) is 29.3 Å². The summed E-state index contributed by atoms with van der Waals surface area (Å²) in [4.78, 5) is 24.4. The van der Waals surface area contributed by atoms with Crippen LogP contribution in [0.5, 0.6) is 0 Å². The molecule has 4 rings (SSSR count). The second-order valence-corrected chi connectivity index (χ2v) is 11.8. The molecule has 0 saturated carbocycles. The number of nitrogens with zero attached hydrogens (tertiary/aromatic N) is 3. The van der Waals surface area contributed by atoms with E-state index in [4.69, 9.17) is 27.1 Å². The fraction of sp³-hybridized carbons (Fsp3) is 0.519. The van der Waals surface area contributed by atoms with Gasteiger partial charge in [-0.25, -0.2) is 4.99 Å². The number of carbonyl (C=O) groups excluding carboxylic acids is 1. The number of guanidine groups is 1. The summed E-state index contributed by atoms with van der Waals surface area (Å²) in [7, 11) is 0. The lowest BCUT2D eigenvalue weighted by Gasteiger charge is -2.44. The van der Waals surface area contributed by atoms with Crippen LogP contribution >= 0.6 is 11.6 Å². The molecule has 0 radical (unpaired) electrons. The van der Waals surface area contributed by atoms with Gasteiger partial charge in [0.15, 0.2) is 5.96 Å². The van der Waals surface area contributed by atoms with E-state index in [9.17, 15) is 4.79 Å². The fourth-order valence-electron chi connectivity index (χ4n) is 4.93. The van der Waals surface area contributed by atoms with E-state index in [1.807, 2.05) is 51.1 Å². The molecule has 1 amide bonds. The molecular formula is C27H36ClN5O2. The first-order valence-corrected chi connectivity index (χ1v) is 12.5. The zero-order chi connectivity index (χ0) is 25.6. The van der Waals surface area contributed by atoms with Crippen molar-refractivity contribution in [3.63, 3.8) is 0 Å². The van der Waals surface area contributed by atoms with Crippen LogP contribution in [0.15, 0.2) is 41.5 Å². The molecule has 2 aliphatic rings. The highest BCUT2D eigenvalue weighted by atomic mass is 35.5. The van der Waals surface area contributed by atoms with E-state index in [0.29, 0.717) is 18.1 Å². The summed E-state index contributed by atoms with van der Waals surface area (Å²) < 4.78 is 5.82. The van der Waals surface area contributed by atoms with Gasteiger partial charge in [-0.05, 0) is 51.8 Å². The van der Waals surface area contributed by atoms with Crippen molar-refractivity contribution in [1.29, 1.82) is 0 Å². The third kappa shape index (κ3) is 5.31. The first kappa shape index (κ1) is 25.5. The van der Waals surface area contributed by atoms with Crippen molar-refractivity contribution < 1.29 is 9.53 Å². The molecule has 7 nitrogen and oxygen atoms in total. The van der Waals surface area contributed by atoms with Crippen LogP contribution in [-0.2, 0) is 20.5 Å². The molecule has 3 N–H and O–H groups in total. The first-order chi connectivity index (χ1) is 16.3. The summed E-state index contributed by atoms with van der Waals surface area (Å²) in [5, 5.41) is 3.87. The Labute approximate surface area is 213 Å². The van der Waals surface area contributed by atoms with Crippen LogP contribution in [-0.4, -0.2) is 40.0 Å². The number of nitrogens with two attached hydrogens (primary N) is 1. The number of benzene rings is 1. The number of aliphatic imine (C=N–C) groups is 1. The molecule has 1 aromatic heterocycles. The summed E-state index contributed by atoms with van der Waals surface area (Å²) in [6.45, 7) is 13.0. The number of ether oxygens (including phenoxy) is 1. The standard InChI is InChI=1S/C27H36ClN5O2/c1-25(2,3)21-11-10-17(16-30-21)31-20-9-7-8-19(23(20)28)27(6)15-22(34)33(24(29)32-27)18-12-13-35-26(4,5)14-18/h7-11,16,18,31H,12-15H2,1-6H3,(H2,29,32)/t18-,27-/m0/s1. The molecule has 2 aliphatic heterocycles. The third-order valence-corrected chi connectivity index (χ3v) is 7.21. The Bertz CT molecular complexity index is 1140. The molecule has 188 valence electrons. The summed E-state index contributed by atoms with van der Waals surface area (Å²) >= 11 is 6.87. The summed E-state index contributed by atoms with van der Waals surface area (Å²) in [6.07, 6.45) is 3.45. The Morgan fingerprint density at radius 3 is 2.54 bits per heavy atom. The molecule has 2 aromatic rings. The number of nitrogens with one attached hydrogen (secondary N) is 1. The molecule has 1 aromatic carbocycles. The Morgan fingerprint density at radius 1 is 1.20 bits per heavy atom. The maximum atomic E-state index is 13.4. The fourth-order valence-corrected chi connectivity index (χ4v) is 5.31. The number of pyridine rings is 1. The minimum Gasteiger partial charge on any atom is -0.375 e. The van der Waals surface area contributed by atoms with E-state index < -0.39 is 5.54 Å². The van der Waals surface area contributed by atoms with Crippen LogP contribution in [0.2, 0.25) is 5.02 Å². The van der Waals surface area contributed by atoms with Crippen molar-refractivity contribution in [2.24, 2.45) is 10.7 Å². The lowest BCUT2D eigenvalue weighted by molar-refractivity contribution is -0.136. The van der Waals surface area contributed by atoms with Gasteiger partial charge in [-0.3, -0.25) is 14.7 Å². The Balaban J connectivity index is 1.60. The highest BCUT2D eigenvalue weighted by Gasteiger charge is 2.43. The van der Waals surface area contributed by atoms with E-state index in [1.54, 1.807) is 11.1 Å². The maximum Gasteiger partial charge on any atom is 0.232 e. The zero-order valence-electron chi connectivity index (χ0n) is 21.5. The Hall–Kier alpha value is -2.64. The SMILES string of the molecule is CC1(C)C[C@@H](N2C(=O)C[C@@](C)(c3cccc(Nc4ccc(C(C)(C)C)nc4)c3Cl)N=C2N)CCO1. The minimum absolute atomic E-state index is 0.0217. The molecule has 8 heteroatoms. The number of anilines is 2. The number of halogens is 1. The summed E-state index contributed by atoms with van der Waals surface area (Å²) in [6, 6.07) is 9.71. The molecule has 1 fully saturated rings. The maximum absolute atomic E-state index is 13.4. The first-order valence-electron chi connectivity index (χ1n) is 12.1. The summed E-state index contributed by atoms with van der Waals surface area (Å²) in [5.74, 6) is 0.196. The van der Waals surface area contributed by atoms with Gasteiger partial charge in [0.2, 0.25) is 5.91 Å². The van der Waals surface area contributed by atoms with Crippen LogP contribution in [0.25, 0.3) is 0 Å². The lowest BCUT2D eigenvalue weighted by atomic mass is 9.85. The monoisotopic (exact) mass is 497 g/mol. The second-order valence-electron chi connectivity index (χ2n) is 11.4. The topological polar surface area (TPSA) is 92.8 Å². The second kappa shape index (κ2) is 9.10. The van der Waals surface area contributed by atoms with Gasteiger partial charge in [0.05, 0.1) is 40.2 Å². The highest BCUT2D eigenvalue weighted by Crippen LogP contribution is 2.42. The quantitative estimate of drug-likeness (QED) is 0.582. The predicted molar refractivity (Wildman–Crippen MR) is 141 cm³/mol. The zero-order valence-corrected chi connectivity index (χ0v) is 22.2. The van der Waals surface area contributed by atoms with E-state index in [1.165, 1.54) is 0 Å². The van der Waals surface area contributed by atoms with Crippen molar-refractivity contribution in [3.05, 3.63) is 52.8 Å². The minimum atomic E-state index is -0.860. The van der Waals surface area contributed by atoms with Crippen molar-refractivity contribution >= 4 is 34.8 Å². The van der Waals surface area contributed by atoms with Crippen molar-refractivity contribution in [2.75, 3.05) is 11.9 Å². The molecule has 3 heterocycles. The Kier molecular flexibility index (Phi) is 6.62. The molecule has 0 aliphatic carbocycles. The van der Waals surface area contributed by atoms with Crippen molar-refractivity contribution in [1.82, 2.24) is 9.88 Å². The van der Waals surface area contributed by atoms with E-state index in [0.717, 1.165) is 29.1 Å². The highest BCUT2D eigenvalue weighted by molar-refractivity contribution is 6.34. The predicted octanol–water partition coefficient (Wildman–Crippen LogP) is 5.50. The van der Waals surface area contributed by atoms with Gasteiger partial charge in [0.1, 0.15) is 0 Å². The van der Waals surface area contributed by atoms with Gasteiger partial charge in [-0.15, -0.1) is 0 Å². The van der Waals surface area contributed by atoms with Crippen LogP contribution in [0, 0.1) is 0 Å². The van der Waals surface area contributed by atoms with Crippen LogP contribution in [0.3, 0.4) is 0 Å². The molecule has 35 heavy (non-hydrogen) atoms. The average Bonchev–Trinajstić information content (AvgIpc) is 2.73. The Morgan fingerprint density at radius 2 is 1.94 bits per heavy atom. The van der Waals surface area contributed by atoms with Gasteiger partial charge in [-0.2, -0.15) is 0 Å². The molecular weight excluding hydrogens is 462 g/mol. The smallest absolute Gasteiger partial charge is 0.232 e. The number of rotatable bonds is 4. The number of hydrogen-bond acceptors (Lipinski definition) is 6. The van der Waals surface area contributed by atoms with Crippen LogP contribution < -0.4 is 11.1 Å². The molecule has 2 atom stereocenters. The van der Waals surface area contributed by atoms with Crippen molar-refractivity contribution in [3.8, 4) is 0 Å². The van der Waals surface area contributed by atoms with Gasteiger partial charge >= 0.3 is 0 Å². The third-order valence-electron chi connectivity index (χ3n) is 6.80. The lowest BCUT2D eigenvalue weighted by Crippen LogP contribution is -2.57. The normalized spacial score (nSPS) is 24.8. The van der Waals surface area contributed by atoms with Crippen LogP contribution in [0.4, 0.5) is 11.4 Å². The van der Waals surface area contributed by atoms with Gasteiger partial charge in [-0.1, -0.05) is 44.5 Å². The van der Waals surface area contributed by atoms with Crippen molar-refractivity contribution in [2.45, 2.75) is 83.4 Å². The molecule has 1 saturated heterocycles. The largest absolute Gasteiger partial charge is 0.375 e.